The summed E-state index contributed by atoms with van der Waals surface area (Å²) < 4.78 is 11.3. The zero-order valence-electron chi connectivity index (χ0n) is 18.4. The number of pyridine rings is 1. The van der Waals surface area contributed by atoms with Crippen molar-refractivity contribution in [3.63, 3.8) is 0 Å². The van der Waals surface area contributed by atoms with Gasteiger partial charge >= 0.3 is 6.01 Å². The van der Waals surface area contributed by atoms with Crippen molar-refractivity contribution in [2.45, 2.75) is 13.3 Å². The highest BCUT2D eigenvalue weighted by atomic mass is 16.5. The number of rotatable bonds is 8. The van der Waals surface area contributed by atoms with Gasteiger partial charge in [0.05, 0.1) is 26.0 Å². The highest BCUT2D eigenvalue weighted by Crippen LogP contribution is 2.27. The number of anilines is 2. The number of nitriles is 1. The summed E-state index contributed by atoms with van der Waals surface area (Å²) in [6, 6.07) is 16.1. The topological polar surface area (TPSA) is 109 Å². The van der Waals surface area contributed by atoms with E-state index in [2.05, 4.69) is 31.5 Å². The van der Waals surface area contributed by atoms with Gasteiger partial charge in [0.2, 0.25) is 0 Å². The number of hydrazone groups is 1. The summed E-state index contributed by atoms with van der Waals surface area (Å²) in [6.07, 6.45) is 4.05. The number of aryl methyl sites for hydroxylation is 1. The smallest absolute Gasteiger partial charge is 0.320 e. The van der Waals surface area contributed by atoms with Crippen molar-refractivity contribution >= 4 is 17.9 Å². The van der Waals surface area contributed by atoms with E-state index in [1.807, 2.05) is 54.3 Å². The Kier molecular flexibility index (Phi) is 7.40. The van der Waals surface area contributed by atoms with Gasteiger partial charge in [0.15, 0.2) is 11.6 Å². The second-order valence-corrected chi connectivity index (χ2v) is 7.47. The van der Waals surface area contributed by atoms with Crippen LogP contribution in [0.1, 0.15) is 22.4 Å². The number of morpholine rings is 1. The van der Waals surface area contributed by atoms with Gasteiger partial charge in [-0.1, -0.05) is 35.9 Å². The Morgan fingerprint density at radius 3 is 2.85 bits per heavy atom. The lowest BCUT2D eigenvalue weighted by molar-refractivity contribution is 0.122. The fraction of sp³-hybridized carbons (Fsp3) is 0.292. The van der Waals surface area contributed by atoms with E-state index < -0.39 is 0 Å². The van der Waals surface area contributed by atoms with Crippen molar-refractivity contribution in [3.05, 3.63) is 71.0 Å². The van der Waals surface area contributed by atoms with Crippen LogP contribution < -0.4 is 15.1 Å². The number of ether oxygens (including phenoxy) is 2. The molecule has 1 aliphatic rings. The van der Waals surface area contributed by atoms with Crippen molar-refractivity contribution in [1.82, 2.24) is 15.0 Å². The average molecular weight is 444 g/mol. The van der Waals surface area contributed by atoms with E-state index in [1.54, 1.807) is 12.4 Å². The molecule has 4 rings (SSSR count). The van der Waals surface area contributed by atoms with E-state index in [0.29, 0.717) is 56.5 Å². The lowest BCUT2D eigenvalue weighted by atomic mass is 10.2. The number of hydrogen-bond donors (Lipinski definition) is 1. The van der Waals surface area contributed by atoms with Gasteiger partial charge in [-0.3, -0.25) is 10.4 Å². The Hall–Kier alpha value is -4.03. The molecule has 1 fully saturated rings. The van der Waals surface area contributed by atoms with Gasteiger partial charge in [-0.15, -0.1) is 0 Å². The SMILES string of the molecule is Cc1cccc(C=NNc2nc(OCCc3ccccn3)nc(N3CCOCC3)c2C#N)c1. The van der Waals surface area contributed by atoms with E-state index in [-0.39, 0.29) is 6.01 Å². The Morgan fingerprint density at radius 1 is 1.21 bits per heavy atom. The van der Waals surface area contributed by atoms with E-state index in [0.717, 1.165) is 16.8 Å². The van der Waals surface area contributed by atoms with Crippen LogP contribution >= 0.6 is 0 Å². The molecule has 0 aliphatic carbocycles. The largest absolute Gasteiger partial charge is 0.463 e. The molecule has 0 spiro atoms. The van der Waals surface area contributed by atoms with Crippen molar-refractivity contribution in [2.75, 3.05) is 43.2 Å². The van der Waals surface area contributed by atoms with Crippen LogP contribution in [0.25, 0.3) is 0 Å². The molecule has 3 heterocycles. The van der Waals surface area contributed by atoms with Gasteiger partial charge in [0.1, 0.15) is 11.6 Å². The zero-order valence-corrected chi connectivity index (χ0v) is 18.4. The average Bonchev–Trinajstić information content (AvgIpc) is 2.85. The molecule has 0 atom stereocenters. The Bertz CT molecular complexity index is 1140. The Balaban J connectivity index is 1.57. The van der Waals surface area contributed by atoms with E-state index in [4.69, 9.17) is 9.47 Å². The predicted octanol–water partition coefficient (Wildman–Crippen LogP) is 2.96. The summed E-state index contributed by atoms with van der Waals surface area (Å²) in [5, 5.41) is 14.2. The third kappa shape index (κ3) is 6.02. The van der Waals surface area contributed by atoms with Crippen molar-refractivity contribution in [1.29, 1.82) is 5.26 Å². The van der Waals surface area contributed by atoms with Gasteiger partial charge < -0.3 is 14.4 Å². The standard InChI is InChI=1S/C24H25N7O2/c1-18-5-4-6-19(15-18)17-27-30-22-21(16-25)23(31-10-13-32-14-11-31)29-24(28-22)33-12-8-20-7-2-3-9-26-20/h2-7,9,15,17H,8,10-14H2,1H3,(H,28,29,30). The summed E-state index contributed by atoms with van der Waals surface area (Å²) in [5.74, 6) is 0.808. The molecule has 1 N–H and O–H groups in total. The summed E-state index contributed by atoms with van der Waals surface area (Å²) in [6.45, 7) is 4.78. The highest BCUT2D eigenvalue weighted by Gasteiger charge is 2.22. The fourth-order valence-corrected chi connectivity index (χ4v) is 3.39. The zero-order chi connectivity index (χ0) is 22.9. The van der Waals surface area contributed by atoms with Crippen molar-refractivity contribution in [2.24, 2.45) is 5.10 Å². The lowest BCUT2D eigenvalue weighted by Gasteiger charge is -2.28. The number of aromatic nitrogens is 3. The molecule has 9 nitrogen and oxygen atoms in total. The molecule has 1 aliphatic heterocycles. The first-order chi connectivity index (χ1) is 16.2. The summed E-state index contributed by atoms with van der Waals surface area (Å²) >= 11 is 0. The third-order valence-corrected chi connectivity index (χ3v) is 5.03. The third-order valence-electron chi connectivity index (χ3n) is 5.03. The monoisotopic (exact) mass is 443 g/mol. The second-order valence-electron chi connectivity index (χ2n) is 7.47. The molecule has 0 unspecified atom stereocenters. The normalized spacial score (nSPS) is 13.6. The number of nitrogens with one attached hydrogen (secondary N) is 1. The Labute approximate surface area is 192 Å². The molecule has 9 heteroatoms. The van der Waals surface area contributed by atoms with Gasteiger partial charge in [0, 0.05) is 31.4 Å². The van der Waals surface area contributed by atoms with Crippen LogP contribution in [0.2, 0.25) is 0 Å². The summed E-state index contributed by atoms with van der Waals surface area (Å²) in [7, 11) is 0. The summed E-state index contributed by atoms with van der Waals surface area (Å²) in [5.41, 5.74) is 6.21. The van der Waals surface area contributed by atoms with Crippen molar-refractivity contribution in [3.8, 4) is 12.1 Å². The van der Waals surface area contributed by atoms with Gasteiger partial charge in [-0.25, -0.2) is 0 Å². The quantitative estimate of drug-likeness (QED) is 0.418. The van der Waals surface area contributed by atoms with E-state index in [9.17, 15) is 5.26 Å². The maximum absolute atomic E-state index is 9.87. The number of nitrogens with zero attached hydrogens (tertiary/aromatic N) is 6. The molecule has 0 saturated carbocycles. The van der Waals surface area contributed by atoms with Crippen LogP contribution in [0.3, 0.4) is 0 Å². The lowest BCUT2D eigenvalue weighted by Crippen LogP contribution is -2.37. The molecule has 3 aromatic rings. The molecular formula is C24H25N7O2. The van der Waals surface area contributed by atoms with Crippen LogP contribution in [-0.4, -0.2) is 54.1 Å². The molecule has 1 aromatic carbocycles. The molecule has 168 valence electrons. The molecule has 1 saturated heterocycles. The minimum absolute atomic E-state index is 0.180. The molecule has 33 heavy (non-hydrogen) atoms. The van der Waals surface area contributed by atoms with Gasteiger partial charge in [0.25, 0.3) is 0 Å². The molecule has 0 amide bonds. The van der Waals surface area contributed by atoms with Crippen LogP contribution in [0, 0.1) is 18.3 Å². The number of hydrogen-bond acceptors (Lipinski definition) is 9. The van der Waals surface area contributed by atoms with Crippen LogP contribution in [0.5, 0.6) is 6.01 Å². The van der Waals surface area contributed by atoms with Crippen LogP contribution in [0.15, 0.2) is 53.8 Å². The molecule has 0 bridgehead atoms. The van der Waals surface area contributed by atoms with E-state index in [1.165, 1.54) is 0 Å². The maximum atomic E-state index is 9.87. The minimum atomic E-state index is 0.180. The first-order valence-corrected chi connectivity index (χ1v) is 10.8. The first-order valence-electron chi connectivity index (χ1n) is 10.8. The Morgan fingerprint density at radius 2 is 2.09 bits per heavy atom. The minimum Gasteiger partial charge on any atom is -0.463 e. The van der Waals surface area contributed by atoms with E-state index >= 15 is 0 Å². The van der Waals surface area contributed by atoms with Crippen LogP contribution in [0.4, 0.5) is 11.6 Å². The van der Waals surface area contributed by atoms with Crippen LogP contribution in [-0.2, 0) is 11.2 Å². The fourth-order valence-electron chi connectivity index (χ4n) is 3.39. The molecule has 2 aromatic heterocycles. The van der Waals surface area contributed by atoms with Gasteiger partial charge in [-0.05, 0) is 24.6 Å². The molecular weight excluding hydrogens is 418 g/mol. The second kappa shape index (κ2) is 11.0. The van der Waals surface area contributed by atoms with Crippen molar-refractivity contribution < 1.29 is 9.47 Å². The summed E-state index contributed by atoms with van der Waals surface area (Å²) in [4.78, 5) is 15.3. The highest BCUT2D eigenvalue weighted by molar-refractivity contribution is 5.80. The maximum Gasteiger partial charge on any atom is 0.320 e. The van der Waals surface area contributed by atoms with Gasteiger partial charge in [-0.2, -0.15) is 20.3 Å². The first kappa shape index (κ1) is 22.2. The molecule has 0 radical (unpaired) electrons. The number of benzene rings is 1. The predicted molar refractivity (Wildman–Crippen MR) is 126 cm³/mol.